The normalized spacial score (nSPS) is 18.0. The number of carbonyl (C=O) groups is 2. The van der Waals surface area contributed by atoms with E-state index in [1.165, 1.54) is 0 Å². The number of rotatable bonds is 6. The number of ketones is 1. The Morgan fingerprint density at radius 3 is 2.44 bits per heavy atom. The lowest BCUT2D eigenvalue weighted by Crippen LogP contribution is -2.30. The minimum Gasteiger partial charge on any atom is -0.507 e. The Hall–Kier alpha value is -3.60. The largest absolute Gasteiger partial charge is 0.507 e. The molecule has 5 nitrogen and oxygen atoms in total. The van der Waals surface area contributed by atoms with E-state index in [2.05, 4.69) is 0 Å². The molecule has 0 radical (unpaired) electrons. The van der Waals surface area contributed by atoms with E-state index in [4.69, 9.17) is 4.74 Å². The van der Waals surface area contributed by atoms with Crippen molar-refractivity contribution in [2.75, 3.05) is 6.54 Å². The summed E-state index contributed by atoms with van der Waals surface area (Å²) in [7, 11) is 0. The van der Waals surface area contributed by atoms with Crippen LogP contribution < -0.4 is 4.74 Å². The number of Topliss-reactive ketones (excluding diaryl/α,β-unsaturated/α-hetero) is 1. The maximum Gasteiger partial charge on any atom is 0.295 e. The van der Waals surface area contributed by atoms with Crippen molar-refractivity contribution in [2.24, 2.45) is 0 Å². The molecule has 1 aliphatic heterocycles. The van der Waals surface area contributed by atoms with E-state index in [0.717, 1.165) is 10.8 Å². The number of nitrogens with zero attached hydrogens (tertiary/aromatic N) is 1. The summed E-state index contributed by atoms with van der Waals surface area (Å²) < 4.78 is 6.01. The molecule has 3 aromatic carbocycles. The molecular formula is C27H27NO4. The molecule has 1 saturated heterocycles. The summed E-state index contributed by atoms with van der Waals surface area (Å²) in [5.41, 5.74) is 1.32. The van der Waals surface area contributed by atoms with Gasteiger partial charge in [0.1, 0.15) is 11.5 Å². The zero-order valence-electron chi connectivity index (χ0n) is 18.5. The molecule has 0 spiro atoms. The van der Waals surface area contributed by atoms with Crippen molar-refractivity contribution in [3.05, 3.63) is 83.4 Å². The molecule has 1 fully saturated rings. The van der Waals surface area contributed by atoms with Crippen LogP contribution in [0.15, 0.2) is 72.3 Å². The van der Waals surface area contributed by atoms with Gasteiger partial charge in [-0.05, 0) is 37.1 Å². The molecular weight excluding hydrogens is 402 g/mol. The van der Waals surface area contributed by atoms with Gasteiger partial charge in [-0.2, -0.15) is 0 Å². The van der Waals surface area contributed by atoms with Crippen molar-refractivity contribution >= 4 is 28.2 Å². The maximum absolute atomic E-state index is 13.2. The van der Waals surface area contributed by atoms with Gasteiger partial charge in [0, 0.05) is 17.7 Å². The zero-order chi connectivity index (χ0) is 22.8. The molecule has 1 aliphatic rings. The number of ether oxygens (including phenoxy) is 1. The number of benzene rings is 3. The molecule has 0 aliphatic carbocycles. The lowest BCUT2D eigenvalue weighted by atomic mass is 9.93. The van der Waals surface area contributed by atoms with Crippen molar-refractivity contribution < 1.29 is 19.4 Å². The third-order valence-corrected chi connectivity index (χ3v) is 5.63. The number of para-hydroxylation sites is 1. The fourth-order valence-electron chi connectivity index (χ4n) is 4.32. The standard InChI is InChI=1S/C27H27NO4/c1-4-16-28-24(21-13-7-8-15-22(21)32-17(2)3)23(26(30)27(28)31)25(29)20-14-9-11-18-10-5-6-12-19(18)20/h5-15,17,24,29H,4,16H2,1-3H3/b25-23+. The van der Waals surface area contributed by atoms with E-state index in [1.54, 1.807) is 11.0 Å². The maximum atomic E-state index is 13.2. The molecule has 1 N–H and O–H groups in total. The lowest BCUT2D eigenvalue weighted by molar-refractivity contribution is -0.139. The van der Waals surface area contributed by atoms with Gasteiger partial charge in [0.15, 0.2) is 0 Å². The van der Waals surface area contributed by atoms with Crippen LogP contribution >= 0.6 is 0 Å². The molecule has 32 heavy (non-hydrogen) atoms. The topological polar surface area (TPSA) is 66.8 Å². The summed E-state index contributed by atoms with van der Waals surface area (Å²) in [5, 5.41) is 13.2. The first-order chi connectivity index (χ1) is 15.4. The molecule has 1 unspecified atom stereocenters. The van der Waals surface area contributed by atoms with Crippen molar-refractivity contribution in [3.8, 4) is 5.75 Å². The highest BCUT2D eigenvalue weighted by Gasteiger charge is 2.46. The third-order valence-electron chi connectivity index (χ3n) is 5.63. The number of likely N-dealkylation sites (tertiary alicyclic amines) is 1. The SMILES string of the molecule is CCCN1C(=O)C(=O)/C(=C(/O)c2cccc3ccccc23)C1c1ccccc1OC(C)C. The van der Waals surface area contributed by atoms with E-state index < -0.39 is 17.7 Å². The summed E-state index contributed by atoms with van der Waals surface area (Å²) in [6.45, 7) is 6.21. The Morgan fingerprint density at radius 2 is 1.69 bits per heavy atom. The van der Waals surface area contributed by atoms with Crippen LogP contribution in [0.2, 0.25) is 0 Å². The highest BCUT2D eigenvalue weighted by molar-refractivity contribution is 6.46. The first-order valence-electron chi connectivity index (χ1n) is 11.0. The van der Waals surface area contributed by atoms with Crippen LogP contribution in [0, 0.1) is 0 Å². The van der Waals surface area contributed by atoms with Gasteiger partial charge in [-0.15, -0.1) is 0 Å². The number of hydrogen-bond donors (Lipinski definition) is 1. The van der Waals surface area contributed by atoms with Crippen molar-refractivity contribution in [2.45, 2.75) is 39.3 Å². The van der Waals surface area contributed by atoms with E-state index in [1.807, 2.05) is 81.4 Å². The third kappa shape index (κ3) is 3.75. The molecule has 4 rings (SSSR count). The summed E-state index contributed by atoms with van der Waals surface area (Å²) in [6.07, 6.45) is 0.605. The van der Waals surface area contributed by atoms with Gasteiger partial charge in [0.05, 0.1) is 17.7 Å². The molecule has 1 heterocycles. The summed E-state index contributed by atoms with van der Waals surface area (Å²) in [6, 6.07) is 19.9. The first kappa shape index (κ1) is 21.6. The minimum atomic E-state index is -0.719. The van der Waals surface area contributed by atoms with E-state index in [9.17, 15) is 14.7 Å². The molecule has 1 amide bonds. The van der Waals surface area contributed by atoms with Crippen LogP contribution in [-0.4, -0.2) is 34.3 Å². The van der Waals surface area contributed by atoms with Crippen molar-refractivity contribution in [3.63, 3.8) is 0 Å². The predicted molar refractivity (Wildman–Crippen MR) is 125 cm³/mol. The monoisotopic (exact) mass is 429 g/mol. The fourth-order valence-corrected chi connectivity index (χ4v) is 4.32. The molecule has 5 heteroatoms. The van der Waals surface area contributed by atoms with E-state index in [0.29, 0.717) is 29.8 Å². The Bertz CT molecular complexity index is 1210. The van der Waals surface area contributed by atoms with Gasteiger partial charge >= 0.3 is 0 Å². The lowest BCUT2D eigenvalue weighted by Gasteiger charge is -2.27. The molecule has 0 bridgehead atoms. The van der Waals surface area contributed by atoms with Crippen LogP contribution in [0.3, 0.4) is 0 Å². The summed E-state index contributed by atoms with van der Waals surface area (Å²) in [4.78, 5) is 27.8. The van der Waals surface area contributed by atoms with Gasteiger partial charge in [-0.1, -0.05) is 67.6 Å². The predicted octanol–water partition coefficient (Wildman–Crippen LogP) is 5.46. The van der Waals surface area contributed by atoms with Crippen LogP contribution in [0.5, 0.6) is 5.75 Å². The van der Waals surface area contributed by atoms with Crippen LogP contribution in [0.1, 0.15) is 44.4 Å². The number of fused-ring (bicyclic) bond motifs is 1. The number of aliphatic hydroxyl groups excluding tert-OH is 1. The van der Waals surface area contributed by atoms with Crippen LogP contribution in [0.25, 0.3) is 16.5 Å². The molecule has 164 valence electrons. The Labute approximate surface area is 187 Å². The summed E-state index contributed by atoms with van der Waals surface area (Å²) >= 11 is 0. The van der Waals surface area contributed by atoms with E-state index >= 15 is 0 Å². The Kier molecular flexibility index (Phi) is 5.99. The highest BCUT2D eigenvalue weighted by atomic mass is 16.5. The number of hydrogen-bond acceptors (Lipinski definition) is 4. The van der Waals surface area contributed by atoms with Gasteiger partial charge in [0.25, 0.3) is 11.7 Å². The van der Waals surface area contributed by atoms with Gasteiger partial charge in [-0.3, -0.25) is 9.59 Å². The van der Waals surface area contributed by atoms with Gasteiger partial charge in [-0.25, -0.2) is 0 Å². The molecule has 1 atom stereocenters. The molecule has 0 aromatic heterocycles. The van der Waals surface area contributed by atoms with Crippen molar-refractivity contribution in [1.82, 2.24) is 4.90 Å². The van der Waals surface area contributed by atoms with Gasteiger partial charge in [0.2, 0.25) is 0 Å². The van der Waals surface area contributed by atoms with E-state index in [-0.39, 0.29) is 17.4 Å². The van der Waals surface area contributed by atoms with Crippen LogP contribution in [-0.2, 0) is 9.59 Å². The first-order valence-corrected chi connectivity index (χ1v) is 11.0. The number of amides is 1. The van der Waals surface area contributed by atoms with Crippen molar-refractivity contribution in [1.29, 1.82) is 0 Å². The fraction of sp³-hybridized carbons (Fsp3) is 0.259. The number of carbonyl (C=O) groups excluding carboxylic acids is 2. The average Bonchev–Trinajstić information content (AvgIpc) is 3.03. The molecule has 3 aromatic rings. The second-order valence-electron chi connectivity index (χ2n) is 8.22. The Balaban J connectivity index is 1.97. The Morgan fingerprint density at radius 1 is 1.00 bits per heavy atom. The second kappa shape index (κ2) is 8.87. The highest BCUT2D eigenvalue weighted by Crippen LogP contribution is 2.43. The van der Waals surface area contributed by atoms with Gasteiger partial charge < -0.3 is 14.7 Å². The number of aliphatic hydroxyl groups is 1. The second-order valence-corrected chi connectivity index (χ2v) is 8.22. The molecule has 0 saturated carbocycles. The zero-order valence-corrected chi connectivity index (χ0v) is 18.5. The van der Waals surface area contributed by atoms with Crippen LogP contribution in [0.4, 0.5) is 0 Å². The summed E-state index contributed by atoms with van der Waals surface area (Å²) in [5.74, 6) is -0.839. The average molecular weight is 430 g/mol. The minimum absolute atomic E-state index is 0.0809. The quantitative estimate of drug-likeness (QED) is 0.321. The smallest absolute Gasteiger partial charge is 0.295 e.